The van der Waals surface area contributed by atoms with E-state index in [4.69, 9.17) is 0 Å². The van der Waals surface area contributed by atoms with E-state index in [1.165, 1.54) is 23.3 Å². The van der Waals surface area contributed by atoms with E-state index in [9.17, 15) is 9.59 Å². The smallest absolute Gasteiger partial charge is 0.186 e. The van der Waals surface area contributed by atoms with Crippen LogP contribution in [0.2, 0.25) is 0 Å². The molecule has 0 aliphatic heterocycles. The van der Waals surface area contributed by atoms with E-state index < -0.39 is 0 Å². The van der Waals surface area contributed by atoms with Gasteiger partial charge in [-0.3, -0.25) is 9.59 Å². The molecular weight excluding hydrogens is 248 g/mol. The first-order valence-corrected chi connectivity index (χ1v) is 7.59. The van der Waals surface area contributed by atoms with Crippen LogP contribution in [-0.2, 0) is 12.8 Å². The number of hydrogen-bond donors (Lipinski definition) is 0. The van der Waals surface area contributed by atoms with Crippen molar-refractivity contribution < 1.29 is 9.59 Å². The number of carbonyl (C=O) groups is 2. The zero-order chi connectivity index (χ0) is 14.5. The van der Waals surface area contributed by atoms with E-state index in [1.54, 1.807) is 0 Å². The van der Waals surface area contributed by atoms with Crippen LogP contribution >= 0.6 is 0 Å². The average Bonchev–Trinajstić information content (AvgIpc) is 2.46. The molecule has 0 amide bonds. The first kappa shape index (κ1) is 14.7. The summed E-state index contributed by atoms with van der Waals surface area (Å²) in [6.07, 6.45) is 9.28. The highest BCUT2D eigenvalue weighted by atomic mass is 16.1. The summed E-state index contributed by atoms with van der Waals surface area (Å²) in [6, 6.07) is 3.92. The molecule has 0 fully saturated rings. The van der Waals surface area contributed by atoms with E-state index in [0.717, 1.165) is 38.5 Å². The minimum absolute atomic E-state index is 0.0422. The molecule has 0 aromatic heterocycles. The lowest BCUT2D eigenvalue weighted by Crippen LogP contribution is -2.13. The SMILES string of the molecule is CCCCc1cc2c(cc1CCCC)C(=O)C=CC2=O. The Bertz CT molecular complexity index is 504. The van der Waals surface area contributed by atoms with Crippen LogP contribution in [-0.4, -0.2) is 11.6 Å². The minimum atomic E-state index is -0.0422. The topological polar surface area (TPSA) is 34.1 Å². The maximum atomic E-state index is 11.9. The second-order valence-electron chi connectivity index (χ2n) is 5.44. The molecule has 106 valence electrons. The lowest BCUT2D eigenvalue weighted by molar-refractivity contribution is 0.0994. The molecule has 0 bridgehead atoms. The van der Waals surface area contributed by atoms with Crippen LogP contribution in [0.25, 0.3) is 0 Å². The first-order valence-electron chi connectivity index (χ1n) is 7.59. The van der Waals surface area contributed by atoms with E-state index in [0.29, 0.717) is 11.1 Å². The normalized spacial score (nSPS) is 13.7. The van der Waals surface area contributed by atoms with Crippen LogP contribution in [0.3, 0.4) is 0 Å². The molecule has 20 heavy (non-hydrogen) atoms. The number of rotatable bonds is 6. The van der Waals surface area contributed by atoms with Gasteiger partial charge in [-0.2, -0.15) is 0 Å². The van der Waals surface area contributed by atoms with Gasteiger partial charge in [-0.05, 0) is 61.1 Å². The van der Waals surface area contributed by atoms with E-state index in [-0.39, 0.29) is 11.6 Å². The van der Waals surface area contributed by atoms with Crippen LogP contribution in [0.4, 0.5) is 0 Å². The molecule has 1 aliphatic rings. The summed E-state index contributed by atoms with van der Waals surface area (Å²) in [5.41, 5.74) is 3.67. The van der Waals surface area contributed by atoms with Gasteiger partial charge in [0.05, 0.1) is 0 Å². The highest BCUT2D eigenvalue weighted by molar-refractivity contribution is 6.22. The maximum Gasteiger partial charge on any atom is 0.186 e. The van der Waals surface area contributed by atoms with Crippen molar-refractivity contribution in [2.24, 2.45) is 0 Å². The molecule has 1 aromatic carbocycles. The third-order valence-electron chi connectivity index (χ3n) is 3.86. The summed E-state index contributed by atoms with van der Waals surface area (Å²) in [5.74, 6) is -0.0845. The number of allylic oxidation sites excluding steroid dienone is 2. The molecule has 0 atom stereocenters. The van der Waals surface area contributed by atoms with Crippen molar-refractivity contribution in [1.29, 1.82) is 0 Å². The third kappa shape index (κ3) is 3.06. The van der Waals surface area contributed by atoms with E-state index >= 15 is 0 Å². The fourth-order valence-corrected chi connectivity index (χ4v) is 2.63. The van der Waals surface area contributed by atoms with Crippen molar-refractivity contribution in [1.82, 2.24) is 0 Å². The van der Waals surface area contributed by atoms with Crippen molar-refractivity contribution >= 4 is 11.6 Å². The van der Waals surface area contributed by atoms with Crippen LogP contribution in [0.5, 0.6) is 0 Å². The summed E-state index contributed by atoms with van der Waals surface area (Å²) in [7, 11) is 0. The van der Waals surface area contributed by atoms with Gasteiger partial charge in [0.25, 0.3) is 0 Å². The Morgan fingerprint density at radius 3 is 1.50 bits per heavy atom. The molecule has 2 heteroatoms. The molecule has 1 aliphatic carbocycles. The second kappa shape index (κ2) is 6.65. The first-order chi connectivity index (χ1) is 9.67. The molecule has 2 nitrogen and oxygen atoms in total. The Morgan fingerprint density at radius 1 is 0.750 bits per heavy atom. The maximum absolute atomic E-state index is 11.9. The summed E-state index contributed by atoms with van der Waals surface area (Å²) >= 11 is 0. The molecule has 0 saturated heterocycles. The number of unbranched alkanes of at least 4 members (excludes halogenated alkanes) is 2. The van der Waals surface area contributed by atoms with Gasteiger partial charge in [-0.15, -0.1) is 0 Å². The van der Waals surface area contributed by atoms with Gasteiger partial charge in [0.1, 0.15) is 0 Å². The number of ketones is 2. The number of benzene rings is 1. The zero-order valence-corrected chi connectivity index (χ0v) is 12.4. The molecule has 0 N–H and O–H groups in total. The molecular formula is C18H22O2. The Balaban J connectivity index is 2.42. The Kier molecular flexibility index (Phi) is 4.89. The fraction of sp³-hybridized carbons (Fsp3) is 0.444. The van der Waals surface area contributed by atoms with Crippen molar-refractivity contribution in [3.05, 3.63) is 46.5 Å². The number of fused-ring (bicyclic) bond motifs is 1. The number of carbonyl (C=O) groups excluding carboxylic acids is 2. The molecule has 0 spiro atoms. The summed E-state index contributed by atoms with van der Waals surface area (Å²) in [5, 5.41) is 0. The summed E-state index contributed by atoms with van der Waals surface area (Å²) in [6.45, 7) is 4.34. The van der Waals surface area contributed by atoms with E-state index in [2.05, 4.69) is 13.8 Å². The van der Waals surface area contributed by atoms with Crippen LogP contribution in [0.1, 0.15) is 71.4 Å². The van der Waals surface area contributed by atoms with Crippen LogP contribution in [0.15, 0.2) is 24.3 Å². The third-order valence-corrected chi connectivity index (χ3v) is 3.86. The molecule has 0 unspecified atom stereocenters. The van der Waals surface area contributed by atoms with Gasteiger partial charge < -0.3 is 0 Å². The van der Waals surface area contributed by atoms with Crippen molar-refractivity contribution in [2.45, 2.75) is 52.4 Å². The average molecular weight is 270 g/mol. The largest absolute Gasteiger partial charge is 0.289 e. The monoisotopic (exact) mass is 270 g/mol. The second-order valence-corrected chi connectivity index (χ2v) is 5.44. The summed E-state index contributed by atoms with van der Waals surface area (Å²) < 4.78 is 0. The molecule has 1 aromatic rings. The lowest BCUT2D eigenvalue weighted by atomic mass is 9.87. The van der Waals surface area contributed by atoms with Gasteiger partial charge in [0.15, 0.2) is 11.6 Å². The molecule has 0 heterocycles. The quantitative estimate of drug-likeness (QED) is 0.772. The highest BCUT2D eigenvalue weighted by Crippen LogP contribution is 2.24. The van der Waals surface area contributed by atoms with Crippen molar-refractivity contribution in [3.63, 3.8) is 0 Å². The van der Waals surface area contributed by atoms with Gasteiger partial charge in [0, 0.05) is 11.1 Å². The summed E-state index contributed by atoms with van der Waals surface area (Å²) in [4.78, 5) is 23.9. The predicted molar refractivity (Wildman–Crippen MR) is 81.5 cm³/mol. The predicted octanol–water partition coefficient (Wildman–Crippen LogP) is 4.31. The Labute approximate surface area is 120 Å². The van der Waals surface area contributed by atoms with Gasteiger partial charge in [0.2, 0.25) is 0 Å². The standard InChI is InChI=1S/C18H22O2/c1-3-5-7-13-11-15-16(12-14(13)8-6-4-2)18(20)10-9-17(15)19/h9-12H,3-8H2,1-2H3. The highest BCUT2D eigenvalue weighted by Gasteiger charge is 2.21. The van der Waals surface area contributed by atoms with E-state index in [1.807, 2.05) is 12.1 Å². The van der Waals surface area contributed by atoms with Gasteiger partial charge >= 0.3 is 0 Å². The fourth-order valence-electron chi connectivity index (χ4n) is 2.63. The Morgan fingerprint density at radius 2 is 1.15 bits per heavy atom. The minimum Gasteiger partial charge on any atom is -0.289 e. The van der Waals surface area contributed by atoms with Crippen LogP contribution < -0.4 is 0 Å². The van der Waals surface area contributed by atoms with Gasteiger partial charge in [-0.1, -0.05) is 26.7 Å². The molecule has 2 rings (SSSR count). The van der Waals surface area contributed by atoms with Crippen LogP contribution in [0, 0.1) is 0 Å². The van der Waals surface area contributed by atoms with Crippen molar-refractivity contribution in [3.8, 4) is 0 Å². The Hall–Kier alpha value is -1.70. The molecule has 0 radical (unpaired) electrons. The number of aryl methyl sites for hydroxylation is 2. The number of hydrogen-bond acceptors (Lipinski definition) is 2. The lowest BCUT2D eigenvalue weighted by Gasteiger charge is -2.16. The van der Waals surface area contributed by atoms with Gasteiger partial charge in [-0.25, -0.2) is 0 Å². The van der Waals surface area contributed by atoms with Crippen molar-refractivity contribution in [2.75, 3.05) is 0 Å². The zero-order valence-electron chi connectivity index (χ0n) is 12.4. The molecule has 0 saturated carbocycles.